The Morgan fingerprint density at radius 2 is 1.92 bits per heavy atom. The molecule has 6 nitrogen and oxygen atoms in total. The van der Waals surface area contributed by atoms with Crippen LogP contribution in [0.15, 0.2) is 36.5 Å². The zero-order chi connectivity index (χ0) is 18.3. The van der Waals surface area contributed by atoms with Crippen molar-refractivity contribution in [3.63, 3.8) is 0 Å². The van der Waals surface area contributed by atoms with E-state index in [1.54, 1.807) is 0 Å². The van der Waals surface area contributed by atoms with E-state index in [1.807, 2.05) is 23.1 Å². The number of rotatable bonds is 4. The summed E-state index contributed by atoms with van der Waals surface area (Å²) in [6.07, 6.45) is 4.12. The van der Waals surface area contributed by atoms with Crippen molar-refractivity contribution >= 4 is 11.8 Å². The Morgan fingerprint density at radius 3 is 2.54 bits per heavy atom. The number of aromatic nitrogens is 2. The molecule has 26 heavy (non-hydrogen) atoms. The summed E-state index contributed by atoms with van der Waals surface area (Å²) in [4.78, 5) is 33.4. The third kappa shape index (κ3) is 2.89. The molecule has 2 aliphatic rings. The molecule has 2 aromatic rings. The molecule has 0 radical (unpaired) electrons. The van der Waals surface area contributed by atoms with E-state index in [-0.39, 0.29) is 23.2 Å². The Morgan fingerprint density at radius 1 is 1.23 bits per heavy atom. The number of nitrogens with zero attached hydrogens (tertiary/aromatic N) is 2. The van der Waals surface area contributed by atoms with Crippen molar-refractivity contribution in [2.75, 3.05) is 13.1 Å². The number of H-pyrrole nitrogens is 1. The summed E-state index contributed by atoms with van der Waals surface area (Å²) in [5.74, 6) is 0.905. The van der Waals surface area contributed by atoms with Crippen molar-refractivity contribution in [3.05, 3.63) is 53.6 Å². The predicted molar refractivity (Wildman–Crippen MR) is 97.6 cm³/mol. The summed E-state index contributed by atoms with van der Waals surface area (Å²) in [5, 5.41) is 0. The number of amides is 2. The number of benzene rings is 1. The summed E-state index contributed by atoms with van der Waals surface area (Å²) in [6, 6.07) is 10.3. The Balaban J connectivity index is 1.36. The van der Waals surface area contributed by atoms with Gasteiger partial charge in [-0.25, -0.2) is 4.98 Å². The maximum atomic E-state index is 12.9. The van der Waals surface area contributed by atoms with Gasteiger partial charge in [0, 0.05) is 30.3 Å². The van der Waals surface area contributed by atoms with Crippen LogP contribution in [0.4, 0.5) is 0 Å². The quantitative estimate of drug-likeness (QED) is 0.883. The number of imidazole rings is 1. The SMILES string of the molecule is C[C@]1(c2ccccc2)C[C@H]1C(=O)N1CCC(c2ncc(C(N)=O)[nH]2)CC1. The van der Waals surface area contributed by atoms with Crippen LogP contribution in [0.2, 0.25) is 0 Å². The number of nitrogens with two attached hydrogens (primary N) is 1. The maximum absolute atomic E-state index is 12.9. The number of hydrogen-bond donors (Lipinski definition) is 2. The molecule has 6 heteroatoms. The molecule has 1 saturated carbocycles. The molecule has 1 saturated heterocycles. The first-order valence-electron chi connectivity index (χ1n) is 9.18. The van der Waals surface area contributed by atoms with Gasteiger partial charge in [-0.05, 0) is 24.8 Å². The lowest BCUT2D eigenvalue weighted by Crippen LogP contribution is -2.40. The van der Waals surface area contributed by atoms with Gasteiger partial charge in [-0.1, -0.05) is 37.3 Å². The molecule has 3 N–H and O–H groups in total. The van der Waals surface area contributed by atoms with Crippen molar-refractivity contribution in [2.45, 2.75) is 37.5 Å². The Labute approximate surface area is 152 Å². The second-order valence-electron chi connectivity index (χ2n) is 7.69. The lowest BCUT2D eigenvalue weighted by atomic mass is 9.93. The van der Waals surface area contributed by atoms with E-state index in [0.717, 1.165) is 38.2 Å². The van der Waals surface area contributed by atoms with Gasteiger partial charge in [0.1, 0.15) is 11.5 Å². The van der Waals surface area contributed by atoms with Crippen LogP contribution in [-0.2, 0) is 10.2 Å². The number of likely N-dealkylation sites (tertiary alicyclic amines) is 1. The van der Waals surface area contributed by atoms with Crippen molar-refractivity contribution in [3.8, 4) is 0 Å². The number of carbonyl (C=O) groups is 2. The first-order chi connectivity index (χ1) is 12.5. The lowest BCUT2D eigenvalue weighted by molar-refractivity contribution is -0.134. The largest absolute Gasteiger partial charge is 0.364 e. The number of nitrogens with one attached hydrogen (secondary N) is 1. The van der Waals surface area contributed by atoms with Gasteiger partial charge in [0.25, 0.3) is 5.91 Å². The van der Waals surface area contributed by atoms with Crippen molar-refractivity contribution in [1.29, 1.82) is 0 Å². The highest BCUT2D eigenvalue weighted by Crippen LogP contribution is 2.54. The molecule has 0 unspecified atom stereocenters. The van der Waals surface area contributed by atoms with Crippen LogP contribution >= 0.6 is 0 Å². The van der Waals surface area contributed by atoms with Gasteiger partial charge < -0.3 is 15.6 Å². The molecular weight excluding hydrogens is 328 g/mol. The molecule has 1 aliphatic carbocycles. The smallest absolute Gasteiger partial charge is 0.266 e. The first-order valence-corrected chi connectivity index (χ1v) is 9.18. The van der Waals surface area contributed by atoms with E-state index in [1.165, 1.54) is 11.8 Å². The van der Waals surface area contributed by atoms with Crippen LogP contribution < -0.4 is 5.73 Å². The summed E-state index contributed by atoms with van der Waals surface area (Å²) in [7, 11) is 0. The fourth-order valence-electron chi connectivity index (χ4n) is 4.13. The first kappa shape index (κ1) is 16.8. The summed E-state index contributed by atoms with van der Waals surface area (Å²) >= 11 is 0. The van der Waals surface area contributed by atoms with E-state index in [0.29, 0.717) is 5.69 Å². The average molecular weight is 352 g/mol. The molecular formula is C20H24N4O2. The van der Waals surface area contributed by atoms with Gasteiger partial charge in [0.2, 0.25) is 5.91 Å². The van der Waals surface area contributed by atoms with Gasteiger partial charge in [-0.2, -0.15) is 0 Å². The van der Waals surface area contributed by atoms with E-state index in [2.05, 4.69) is 29.0 Å². The van der Waals surface area contributed by atoms with Crippen LogP contribution in [0, 0.1) is 5.92 Å². The summed E-state index contributed by atoms with van der Waals surface area (Å²) in [5.41, 5.74) is 6.84. The normalized spacial score (nSPS) is 25.9. The molecule has 1 aliphatic heterocycles. The monoisotopic (exact) mass is 352 g/mol. The van der Waals surface area contributed by atoms with Crippen LogP contribution in [0.25, 0.3) is 0 Å². The van der Waals surface area contributed by atoms with Crippen molar-refractivity contribution in [2.24, 2.45) is 11.7 Å². The number of carbonyl (C=O) groups excluding carboxylic acids is 2. The Hall–Kier alpha value is -2.63. The molecule has 136 valence electrons. The fourth-order valence-corrected chi connectivity index (χ4v) is 4.13. The highest BCUT2D eigenvalue weighted by Gasteiger charge is 2.56. The second kappa shape index (κ2) is 6.27. The minimum absolute atomic E-state index is 0.0212. The van der Waals surface area contributed by atoms with Crippen molar-refractivity contribution < 1.29 is 9.59 Å². The third-order valence-electron chi connectivity index (χ3n) is 6.02. The molecule has 2 atom stereocenters. The standard InChI is InChI=1S/C20H24N4O2/c1-20(14-5-3-2-4-6-14)11-15(20)19(26)24-9-7-13(8-10-24)18-22-12-16(23-18)17(21)25/h2-6,12-13,15H,7-11H2,1H3,(H2,21,25)(H,22,23)/t15-,20+/m0/s1. The van der Waals surface area contributed by atoms with E-state index < -0.39 is 5.91 Å². The lowest BCUT2D eigenvalue weighted by Gasteiger charge is -2.32. The number of aromatic amines is 1. The molecule has 0 spiro atoms. The maximum Gasteiger partial charge on any atom is 0.266 e. The number of hydrogen-bond acceptors (Lipinski definition) is 3. The van der Waals surface area contributed by atoms with Crippen LogP contribution in [0.1, 0.15) is 54.0 Å². The zero-order valence-electron chi connectivity index (χ0n) is 14.9. The van der Waals surface area contributed by atoms with Gasteiger partial charge in [0.05, 0.1) is 6.20 Å². The topological polar surface area (TPSA) is 92.1 Å². The van der Waals surface area contributed by atoms with Gasteiger partial charge >= 0.3 is 0 Å². The number of primary amides is 1. The summed E-state index contributed by atoms with van der Waals surface area (Å²) < 4.78 is 0. The van der Waals surface area contributed by atoms with E-state index >= 15 is 0 Å². The molecule has 4 rings (SSSR count). The minimum Gasteiger partial charge on any atom is -0.364 e. The highest BCUT2D eigenvalue weighted by atomic mass is 16.2. The molecule has 2 heterocycles. The molecule has 2 amide bonds. The molecule has 0 bridgehead atoms. The number of piperidine rings is 1. The van der Waals surface area contributed by atoms with Gasteiger partial charge in [0.15, 0.2) is 0 Å². The van der Waals surface area contributed by atoms with Crippen molar-refractivity contribution in [1.82, 2.24) is 14.9 Å². The minimum atomic E-state index is -0.495. The summed E-state index contributed by atoms with van der Waals surface area (Å²) in [6.45, 7) is 3.65. The van der Waals surface area contributed by atoms with Gasteiger partial charge in [-0.3, -0.25) is 9.59 Å². The molecule has 2 fully saturated rings. The molecule has 1 aromatic heterocycles. The zero-order valence-corrected chi connectivity index (χ0v) is 14.9. The Bertz CT molecular complexity index is 823. The Kier molecular flexibility index (Phi) is 4.05. The predicted octanol–water partition coefficient (Wildman–Crippen LogP) is 2.19. The highest BCUT2D eigenvalue weighted by molar-refractivity contribution is 5.90. The fraction of sp³-hybridized carbons (Fsp3) is 0.450. The van der Waals surface area contributed by atoms with Crippen LogP contribution in [0.3, 0.4) is 0 Å². The molecule has 1 aromatic carbocycles. The second-order valence-corrected chi connectivity index (χ2v) is 7.69. The third-order valence-corrected chi connectivity index (χ3v) is 6.02. The van der Waals surface area contributed by atoms with E-state index in [4.69, 9.17) is 5.73 Å². The van der Waals surface area contributed by atoms with Crippen LogP contribution in [0.5, 0.6) is 0 Å². The van der Waals surface area contributed by atoms with E-state index in [9.17, 15) is 9.59 Å². The average Bonchev–Trinajstić information content (AvgIpc) is 3.13. The van der Waals surface area contributed by atoms with Crippen LogP contribution in [-0.4, -0.2) is 39.8 Å². The van der Waals surface area contributed by atoms with Gasteiger partial charge in [-0.15, -0.1) is 0 Å².